The zero-order valence-corrected chi connectivity index (χ0v) is 17.9. The number of unbranched alkanes of at least 4 members (excludes halogenated alkanes) is 6. The van der Waals surface area contributed by atoms with Crippen LogP contribution in [-0.2, 0) is 0 Å². The van der Waals surface area contributed by atoms with Crippen molar-refractivity contribution in [2.45, 2.75) is 65.2 Å². The Morgan fingerprint density at radius 1 is 1.03 bits per heavy atom. The maximum Gasteiger partial charge on any atom is 0.259 e. The second-order valence-electron chi connectivity index (χ2n) is 7.53. The monoisotopic (exact) mass is 413 g/mol. The number of nitrogens with zero attached hydrogens (tertiary/aromatic N) is 3. The lowest BCUT2D eigenvalue weighted by molar-refractivity contribution is 0.0899. The van der Waals surface area contributed by atoms with Crippen LogP contribution in [0.25, 0.3) is 17.0 Å². The van der Waals surface area contributed by atoms with Gasteiger partial charge in [-0.2, -0.15) is 0 Å². The Hall–Kier alpha value is -2.40. The number of hydrogen-bond acceptors (Lipinski definition) is 3. The molecule has 1 aromatic carbocycles. The van der Waals surface area contributed by atoms with Gasteiger partial charge >= 0.3 is 0 Å². The van der Waals surface area contributed by atoms with Gasteiger partial charge in [0.1, 0.15) is 0 Å². The van der Waals surface area contributed by atoms with Crippen molar-refractivity contribution in [2.75, 3.05) is 0 Å². The molecule has 0 amide bonds. The van der Waals surface area contributed by atoms with Crippen molar-refractivity contribution in [3.05, 3.63) is 57.6 Å². The summed E-state index contributed by atoms with van der Waals surface area (Å²) in [5.41, 5.74) is 1.91. The van der Waals surface area contributed by atoms with Crippen LogP contribution in [0.4, 0.5) is 0 Å². The molecular formula is C23H28ClN3O2. The second-order valence-corrected chi connectivity index (χ2v) is 7.96. The molecular weight excluding hydrogens is 386 g/mol. The highest BCUT2D eigenvalue weighted by Crippen LogP contribution is 2.21. The third kappa shape index (κ3) is 5.15. The van der Waals surface area contributed by atoms with Crippen molar-refractivity contribution < 1.29 is 4.79 Å². The molecule has 0 aliphatic heterocycles. The lowest BCUT2D eigenvalue weighted by Gasteiger charge is -2.10. The third-order valence-corrected chi connectivity index (χ3v) is 5.45. The van der Waals surface area contributed by atoms with Gasteiger partial charge in [0.2, 0.25) is 11.7 Å². The summed E-state index contributed by atoms with van der Waals surface area (Å²) < 4.78 is 3.01. The minimum absolute atomic E-state index is 0.0192. The first kappa shape index (κ1) is 21.3. The highest BCUT2D eigenvalue weighted by molar-refractivity contribution is 6.30. The fourth-order valence-corrected chi connectivity index (χ4v) is 3.70. The largest absolute Gasteiger partial charge is 0.274 e. The number of aryl methyl sites for hydroxylation is 1. The smallest absolute Gasteiger partial charge is 0.259 e. The first-order chi connectivity index (χ1) is 14.0. The number of carbonyl (C=O) groups excluding carboxylic acids is 1. The Labute approximate surface area is 176 Å². The molecule has 0 bridgehead atoms. The van der Waals surface area contributed by atoms with Gasteiger partial charge in [0.25, 0.3) is 5.56 Å². The number of halogens is 1. The molecule has 6 heteroatoms. The van der Waals surface area contributed by atoms with Crippen LogP contribution in [0.5, 0.6) is 0 Å². The maximum atomic E-state index is 12.9. The Balaban J connectivity index is 1.79. The summed E-state index contributed by atoms with van der Waals surface area (Å²) >= 11 is 5.96. The van der Waals surface area contributed by atoms with E-state index in [0.717, 1.165) is 24.8 Å². The zero-order chi connectivity index (χ0) is 20.8. The summed E-state index contributed by atoms with van der Waals surface area (Å²) in [5, 5.41) is 0.637. The van der Waals surface area contributed by atoms with Gasteiger partial charge in [0.15, 0.2) is 0 Å². The lowest BCUT2D eigenvalue weighted by Crippen LogP contribution is -2.23. The van der Waals surface area contributed by atoms with Crippen LogP contribution < -0.4 is 5.56 Å². The number of rotatable bonds is 9. The minimum Gasteiger partial charge on any atom is -0.274 e. The molecule has 3 aromatic rings. The molecule has 2 aromatic heterocycles. The fraction of sp³-hybridized carbons (Fsp3) is 0.435. The molecule has 3 rings (SSSR count). The maximum absolute atomic E-state index is 12.9. The first-order valence-corrected chi connectivity index (χ1v) is 10.8. The summed E-state index contributed by atoms with van der Waals surface area (Å²) in [7, 11) is 0. The Kier molecular flexibility index (Phi) is 7.26. The summed E-state index contributed by atoms with van der Waals surface area (Å²) in [6.07, 6.45) is 10.2. The Morgan fingerprint density at radius 3 is 2.38 bits per heavy atom. The second kappa shape index (κ2) is 9.88. The van der Waals surface area contributed by atoms with Gasteiger partial charge < -0.3 is 0 Å². The van der Waals surface area contributed by atoms with E-state index in [2.05, 4.69) is 11.9 Å². The van der Waals surface area contributed by atoms with Crippen molar-refractivity contribution in [1.29, 1.82) is 0 Å². The summed E-state index contributed by atoms with van der Waals surface area (Å²) in [6, 6.07) is 8.76. The number of aromatic nitrogens is 3. The predicted molar refractivity (Wildman–Crippen MR) is 118 cm³/mol. The minimum atomic E-state index is -0.190. The van der Waals surface area contributed by atoms with E-state index < -0.39 is 0 Å². The van der Waals surface area contributed by atoms with Gasteiger partial charge in [-0.1, -0.05) is 69.2 Å². The molecule has 0 saturated carbocycles. The number of hydrogen-bond donors (Lipinski definition) is 0. The van der Waals surface area contributed by atoms with Crippen molar-refractivity contribution in [2.24, 2.45) is 0 Å². The van der Waals surface area contributed by atoms with Crippen molar-refractivity contribution in [1.82, 2.24) is 14.0 Å². The predicted octanol–water partition coefficient (Wildman–Crippen LogP) is 5.91. The standard InChI is InChI=1S/C23H28ClN3O2/c1-3-4-5-6-7-8-9-10-21(28)27-17(2)15-22(29)26-16-20(25-23(26)27)18-11-13-19(24)14-12-18/h11-16H,3-10H2,1-2H3. The molecule has 0 spiro atoms. The molecule has 0 aliphatic rings. The van der Waals surface area contributed by atoms with E-state index in [9.17, 15) is 9.59 Å². The summed E-state index contributed by atoms with van der Waals surface area (Å²) in [6.45, 7) is 3.99. The van der Waals surface area contributed by atoms with E-state index in [4.69, 9.17) is 11.6 Å². The molecule has 0 atom stereocenters. The average Bonchev–Trinajstić information content (AvgIpc) is 3.13. The topological polar surface area (TPSA) is 56.4 Å². The Bertz CT molecular complexity index is 1030. The normalized spacial score (nSPS) is 11.3. The zero-order valence-electron chi connectivity index (χ0n) is 17.2. The van der Waals surface area contributed by atoms with Gasteiger partial charge in [-0.25, -0.2) is 4.98 Å². The van der Waals surface area contributed by atoms with Gasteiger partial charge in [-0.15, -0.1) is 0 Å². The molecule has 0 saturated heterocycles. The lowest BCUT2D eigenvalue weighted by atomic mass is 10.1. The SMILES string of the molecule is CCCCCCCCCC(=O)n1c(C)cc(=O)n2cc(-c3ccc(Cl)cc3)nc12. The van der Waals surface area contributed by atoms with E-state index >= 15 is 0 Å². The first-order valence-electron chi connectivity index (χ1n) is 10.4. The van der Waals surface area contributed by atoms with Crippen LogP contribution in [0.15, 0.2) is 41.3 Å². The van der Waals surface area contributed by atoms with Crippen LogP contribution in [0.1, 0.15) is 68.8 Å². The van der Waals surface area contributed by atoms with Crippen LogP contribution in [0.2, 0.25) is 5.02 Å². The van der Waals surface area contributed by atoms with Crippen LogP contribution in [-0.4, -0.2) is 19.9 Å². The molecule has 29 heavy (non-hydrogen) atoms. The van der Waals surface area contributed by atoms with Crippen LogP contribution >= 0.6 is 11.6 Å². The van der Waals surface area contributed by atoms with Crippen LogP contribution in [0.3, 0.4) is 0 Å². The third-order valence-electron chi connectivity index (χ3n) is 5.19. The number of fused-ring (bicyclic) bond motifs is 1. The van der Waals surface area contributed by atoms with Gasteiger partial charge in [-0.3, -0.25) is 18.6 Å². The molecule has 2 heterocycles. The van der Waals surface area contributed by atoms with E-state index in [1.54, 1.807) is 29.8 Å². The van der Waals surface area contributed by atoms with E-state index in [0.29, 0.717) is 28.6 Å². The van der Waals surface area contributed by atoms with Crippen molar-refractivity contribution >= 4 is 23.3 Å². The average molecular weight is 414 g/mol. The van der Waals surface area contributed by atoms with Crippen molar-refractivity contribution in [3.63, 3.8) is 0 Å². The molecule has 154 valence electrons. The number of carbonyl (C=O) groups is 1. The quantitative estimate of drug-likeness (QED) is 0.410. The van der Waals surface area contributed by atoms with Gasteiger partial charge in [0, 0.05) is 35.0 Å². The van der Waals surface area contributed by atoms with E-state index in [1.807, 2.05) is 12.1 Å². The molecule has 5 nitrogen and oxygen atoms in total. The summed E-state index contributed by atoms with van der Waals surface area (Å²) in [5.74, 6) is 0.349. The number of imidazole rings is 1. The molecule has 0 aliphatic carbocycles. The fourth-order valence-electron chi connectivity index (χ4n) is 3.57. The van der Waals surface area contributed by atoms with Crippen LogP contribution in [0, 0.1) is 6.92 Å². The summed E-state index contributed by atoms with van der Waals surface area (Å²) in [4.78, 5) is 29.9. The molecule has 0 unspecified atom stereocenters. The molecule has 0 N–H and O–H groups in total. The highest BCUT2D eigenvalue weighted by atomic mass is 35.5. The van der Waals surface area contributed by atoms with E-state index in [1.165, 1.54) is 36.2 Å². The highest BCUT2D eigenvalue weighted by Gasteiger charge is 2.16. The van der Waals surface area contributed by atoms with Crippen molar-refractivity contribution in [3.8, 4) is 11.3 Å². The van der Waals surface area contributed by atoms with Gasteiger partial charge in [0.05, 0.1) is 5.69 Å². The number of benzene rings is 1. The Morgan fingerprint density at radius 2 is 1.69 bits per heavy atom. The van der Waals surface area contributed by atoms with Gasteiger partial charge in [-0.05, 0) is 25.5 Å². The molecule has 0 radical (unpaired) electrons. The molecule has 0 fully saturated rings. The van der Waals surface area contributed by atoms with E-state index in [-0.39, 0.29) is 11.5 Å².